The quantitative estimate of drug-likeness (QED) is 0.863. The van der Waals surface area contributed by atoms with Crippen LogP contribution in [0.2, 0.25) is 0 Å². The first-order valence-electron chi connectivity index (χ1n) is 4.99. The summed E-state index contributed by atoms with van der Waals surface area (Å²) < 4.78 is 0. The van der Waals surface area contributed by atoms with E-state index in [0.29, 0.717) is 10.9 Å². The van der Waals surface area contributed by atoms with Crippen LogP contribution < -0.4 is 5.32 Å². The first-order chi connectivity index (χ1) is 8.24. The normalized spacial score (nSPS) is 10.2. The maximum absolute atomic E-state index is 11.6. The Morgan fingerprint density at radius 3 is 2.88 bits per heavy atom. The molecule has 0 aromatic carbocycles. The highest BCUT2D eigenvalue weighted by Crippen LogP contribution is 2.18. The number of anilines is 1. The van der Waals surface area contributed by atoms with E-state index in [2.05, 4.69) is 15.3 Å². The van der Waals surface area contributed by atoms with Crippen LogP contribution in [-0.4, -0.2) is 21.6 Å². The monoisotopic (exact) mass is 265 g/mol. The van der Waals surface area contributed by atoms with E-state index >= 15 is 0 Å². The lowest BCUT2D eigenvalue weighted by Gasteiger charge is -2.01. The fourth-order valence-corrected chi connectivity index (χ4v) is 2.54. The zero-order valence-electron chi connectivity index (χ0n) is 9.21. The second-order valence-corrected chi connectivity index (χ2v) is 5.22. The molecule has 2 aromatic rings. The number of nitrogens with zero attached hydrogens (tertiary/aromatic N) is 2. The number of thioether (sulfide) groups is 1. The van der Waals surface area contributed by atoms with Gasteiger partial charge in [0.15, 0.2) is 5.13 Å². The number of amides is 1. The lowest BCUT2D eigenvalue weighted by molar-refractivity contribution is -0.113. The molecular formula is C11H11N3OS2. The number of nitrogens with one attached hydrogen (secondary N) is 1. The highest BCUT2D eigenvalue weighted by Gasteiger charge is 2.05. The first kappa shape index (κ1) is 12.1. The van der Waals surface area contributed by atoms with Gasteiger partial charge in [0.2, 0.25) is 5.91 Å². The number of aromatic nitrogens is 2. The molecule has 17 heavy (non-hydrogen) atoms. The van der Waals surface area contributed by atoms with Crippen LogP contribution in [0.15, 0.2) is 34.8 Å². The van der Waals surface area contributed by atoms with Crippen LogP contribution in [0.25, 0.3) is 0 Å². The predicted molar refractivity (Wildman–Crippen MR) is 70.4 cm³/mol. The van der Waals surface area contributed by atoms with Gasteiger partial charge >= 0.3 is 0 Å². The fraction of sp³-hybridized carbons (Fsp3) is 0.182. The van der Waals surface area contributed by atoms with Crippen molar-refractivity contribution in [3.63, 3.8) is 0 Å². The van der Waals surface area contributed by atoms with Gasteiger partial charge in [-0.15, -0.1) is 23.1 Å². The molecule has 2 rings (SSSR count). The molecule has 0 atom stereocenters. The van der Waals surface area contributed by atoms with E-state index in [-0.39, 0.29) is 5.91 Å². The minimum absolute atomic E-state index is 0.0406. The molecule has 0 aliphatic carbocycles. The van der Waals surface area contributed by atoms with Crippen molar-refractivity contribution < 1.29 is 4.79 Å². The Balaban J connectivity index is 1.82. The van der Waals surface area contributed by atoms with Crippen LogP contribution in [0.5, 0.6) is 0 Å². The number of carbonyl (C=O) groups excluding carboxylic acids is 1. The molecule has 0 saturated carbocycles. The summed E-state index contributed by atoms with van der Waals surface area (Å²) in [6, 6.07) is 3.76. The molecule has 0 aliphatic heterocycles. The molecule has 2 heterocycles. The van der Waals surface area contributed by atoms with Crippen molar-refractivity contribution in [1.29, 1.82) is 0 Å². The van der Waals surface area contributed by atoms with E-state index in [9.17, 15) is 4.79 Å². The van der Waals surface area contributed by atoms with Gasteiger partial charge in [-0.3, -0.25) is 9.78 Å². The number of hydrogen-bond acceptors (Lipinski definition) is 5. The van der Waals surface area contributed by atoms with Crippen molar-refractivity contribution in [3.8, 4) is 0 Å². The Bertz CT molecular complexity index is 498. The number of pyridine rings is 1. The summed E-state index contributed by atoms with van der Waals surface area (Å²) in [5, 5.41) is 5.33. The third kappa shape index (κ3) is 3.83. The molecule has 4 nitrogen and oxygen atoms in total. The van der Waals surface area contributed by atoms with Gasteiger partial charge in [0, 0.05) is 22.7 Å². The molecule has 0 radical (unpaired) electrons. The molecular weight excluding hydrogens is 254 g/mol. The maximum Gasteiger partial charge on any atom is 0.236 e. The SMILES string of the molecule is Cc1csc(NC(=O)CSc2ccncc2)n1. The van der Waals surface area contributed by atoms with Crippen LogP contribution in [0.4, 0.5) is 5.13 Å². The van der Waals surface area contributed by atoms with Crippen molar-refractivity contribution in [2.24, 2.45) is 0 Å². The molecule has 0 spiro atoms. The van der Waals surface area contributed by atoms with Gasteiger partial charge in [-0.2, -0.15) is 0 Å². The molecule has 6 heteroatoms. The number of rotatable bonds is 4. The van der Waals surface area contributed by atoms with Crippen molar-refractivity contribution in [2.75, 3.05) is 11.1 Å². The topological polar surface area (TPSA) is 54.9 Å². The fourth-order valence-electron chi connectivity index (χ4n) is 1.15. The Labute approximate surface area is 107 Å². The molecule has 1 N–H and O–H groups in total. The highest BCUT2D eigenvalue weighted by atomic mass is 32.2. The van der Waals surface area contributed by atoms with Crippen molar-refractivity contribution in [2.45, 2.75) is 11.8 Å². The molecule has 0 bridgehead atoms. The highest BCUT2D eigenvalue weighted by molar-refractivity contribution is 8.00. The van der Waals surface area contributed by atoms with Crippen LogP contribution in [0.3, 0.4) is 0 Å². The second-order valence-electron chi connectivity index (χ2n) is 3.31. The van der Waals surface area contributed by atoms with Crippen molar-refractivity contribution in [3.05, 3.63) is 35.6 Å². The third-order valence-corrected chi connectivity index (χ3v) is 3.77. The summed E-state index contributed by atoms with van der Waals surface area (Å²) in [7, 11) is 0. The second kappa shape index (κ2) is 5.79. The molecule has 2 aromatic heterocycles. The average Bonchev–Trinajstić information content (AvgIpc) is 2.73. The van der Waals surface area contributed by atoms with Crippen LogP contribution in [-0.2, 0) is 4.79 Å². The Morgan fingerprint density at radius 1 is 1.47 bits per heavy atom. The summed E-state index contributed by atoms with van der Waals surface area (Å²) in [6.07, 6.45) is 3.43. The molecule has 0 unspecified atom stereocenters. The van der Waals surface area contributed by atoms with Gasteiger partial charge in [0.1, 0.15) is 0 Å². The Kier molecular flexibility index (Phi) is 4.11. The van der Waals surface area contributed by atoms with Gasteiger partial charge in [-0.05, 0) is 19.1 Å². The van der Waals surface area contributed by atoms with Crippen LogP contribution in [0, 0.1) is 6.92 Å². The van der Waals surface area contributed by atoms with Gasteiger partial charge in [-0.25, -0.2) is 4.98 Å². The molecule has 88 valence electrons. The molecule has 1 amide bonds. The third-order valence-electron chi connectivity index (χ3n) is 1.89. The van der Waals surface area contributed by atoms with E-state index in [0.717, 1.165) is 10.6 Å². The largest absolute Gasteiger partial charge is 0.301 e. The standard InChI is InChI=1S/C11H11N3OS2/c1-8-6-17-11(13-8)14-10(15)7-16-9-2-4-12-5-3-9/h2-6H,7H2,1H3,(H,13,14,15). The molecule has 0 saturated heterocycles. The van der Waals surface area contributed by atoms with Crippen LogP contribution >= 0.6 is 23.1 Å². The van der Waals surface area contributed by atoms with Crippen molar-refractivity contribution in [1.82, 2.24) is 9.97 Å². The summed E-state index contributed by atoms with van der Waals surface area (Å²) in [6.45, 7) is 1.90. The molecule has 0 fully saturated rings. The number of carbonyl (C=O) groups is 1. The minimum Gasteiger partial charge on any atom is -0.301 e. The summed E-state index contributed by atoms with van der Waals surface area (Å²) in [5.41, 5.74) is 0.923. The average molecular weight is 265 g/mol. The predicted octanol–water partition coefficient (Wildman–Crippen LogP) is 2.58. The van der Waals surface area contributed by atoms with E-state index in [1.807, 2.05) is 24.4 Å². The summed E-state index contributed by atoms with van der Waals surface area (Å²) in [5.74, 6) is 0.337. The smallest absolute Gasteiger partial charge is 0.236 e. The Hall–Kier alpha value is -1.40. The van der Waals surface area contributed by atoms with Crippen LogP contribution in [0.1, 0.15) is 5.69 Å². The van der Waals surface area contributed by atoms with E-state index < -0.39 is 0 Å². The van der Waals surface area contributed by atoms with E-state index in [1.54, 1.807) is 12.4 Å². The number of thiazole rings is 1. The molecule has 0 aliphatic rings. The van der Waals surface area contributed by atoms with Gasteiger partial charge in [0.05, 0.1) is 11.4 Å². The lowest BCUT2D eigenvalue weighted by atomic mass is 10.5. The van der Waals surface area contributed by atoms with Crippen molar-refractivity contribution >= 4 is 34.1 Å². The van der Waals surface area contributed by atoms with E-state index in [1.165, 1.54) is 23.1 Å². The lowest BCUT2D eigenvalue weighted by Crippen LogP contribution is -2.13. The Morgan fingerprint density at radius 2 is 2.24 bits per heavy atom. The number of aryl methyl sites for hydroxylation is 1. The minimum atomic E-state index is -0.0406. The maximum atomic E-state index is 11.6. The number of hydrogen-bond donors (Lipinski definition) is 1. The van der Waals surface area contributed by atoms with Gasteiger partial charge in [-0.1, -0.05) is 0 Å². The zero-order chi connectivity index (χ0) is 12.1. The van der Waals surface area contributed by atoms with E-state index in [4.69, 9.17) is 0 Å². The summed E-state index contributed by atoms with van der Waals surface area (Å²) in [4.78, 5) is 20.7. The zero-order valence-corrected chi connectivity index (χ0v) is 10.8. The van der Waals surface area contributed by atoms with Gasteiger partial charge < -0.3 is 5.32 Å². The summed E-state index contributed by atoms with van der Waals surface area (Å²) >= 11 is 2.92. The van der Waals surface area contributed by atoms with Gasteiger partial charge in [0.25, 0.3) is 0 Å². The first-order valence-corrected chi connectivity index (χ1v) is 6.85.